The number of aromatic nitrogens is 2. The van der Waals surface area contributed by atoms with E-state index in [0.29, 0.717) is 37.5 Å². The minimum Gasteiger partial charge on any atom is -0.465 e. The largest absolute Gasteiger partial charge is 0.465 e. The van der Waals surface area contributed by atoms with Crippen molar-refractivity contribution in [1.29, 1.82) is 0 Å². The minimum atomic E-state index is -0.514. The number of hydrogen-bond acceptors (Lipinski definition) is 6. The van der Waals surface area contributed by atoms with Crippen molar-refractivity contribution in [3.63, 3.8) is 0 Å². The van der Waals surface area contributed by atoms with Gasteiger partial charge in [-0.15, -0.1) is 0 Å². The van der Waals surface area contributed by atoms with Crippen LogP contribution in [0.3, 0.4) is 0 Å². The number of H-pyrrole nitrogens is 1. The molecule has 0 saturated heterocycles. The molecule has 0 aliphatic heterocycles. The van der Waals surface area contributed by atoms with Gasteiger partial charge in [-0.2, -0.15) is 0 Å². The molecular formula is C17H17N3O4S2. The summed E-state index contributed by atoms with van der Waals surface area (Å²) in [6.07, 6.45) is 1.83. The highest BCUT2D eigenvalue weighted by Gasteiger charge is 2.18. The fourth-order valence-electron chi connectivity index (χ4n) is 2.65. The van der Waals surface area contributed by atoms with Crippen molar-refractivity contribution >= 4 is 52.0 Å². The number of esters is 1. The maximum absolute atomic E-state index is 12.5. The van der Waals surface area contributed by atoms with Gasteiger partial charge < -0.3 is 15.0 Å². The summed E-state index contributed by atoms with van der Waals surface area (Å²) >= 11 is 6.52. The Hall–Kier alpha value is -2.52. The zero-order valence-corrected chi connectivity index (χ0v) is 15.9. The fraction of sp³-hybridized carbons (Fsp3) is 0.294. The number of carbonyl (C=O) groups excluding carboxylic acids is 2. The molecular weight excluding hydrogens is 374 g/mol. The monoisotopic (exact) mass is 391 g/mol. The lowest BCUT2D eigenvalue weighted by atomic mass is 10.1. The highest BCUT2D eigenvalue weighted by molar-refractivity contribution is 7.73. The number of thiazole rings is 1. The van der Waals surface area contributed by atoms with Gasteiger partial charge in [0.2, 0.25) is 0 Å². The minimum absolute atomic E-state index is 0.281. The molecule has 1 aromatic carbocycles. The molecule has 3 rings (SSSR count). The van der Waals surface area contributed by atoms with E-state index in [2.05, 4.69) is 10.3 Å². The Morgan fingerprint density at radius 2 is 2.15 bits per heavy atom. The average Bonchev–Trinajstić information content (AvgIpc) is 2.97. The lowest BCUT2D eigenvalue weighted by Crippen LogP contribution is -2.24. The van der Waals surface area contributed by atoms with Gasteiger partial charge in [-0.25, -0.2) is 4.79 Å². The summed E-state index contributed by atoms with van der Waals surface area (Å²) in [5, 5.41) is 3.20. The zero-order chi connectivity index (χ0) is 18.8. The van der Waals surface area contributed by atoms with Gasteiger partial charge in [-0.3, -0.25) is 14.0 Å². The van der Waals surface area contributed by atoms with Crippen LogP contribution < -0.4 is 10.9 Å². The molecule has 0 bridgehead atoms. The van der Waals surface area contributed by atoms with Crippen LogP contribution in [0.25, 0.3) is 16.6 Å². The summed E-state index contributed by atoms with van der Waals surface area (Å²) in [5.41, 5.74) is 0.731. The van der Waals surface area contributed by atoms with E-state index in [1.165, 1.54) is 13.2 Å². The first-order valence-electron chi connectivity index (χ1n) is 8.06. The third-order valence-electron chi connectivity index (χ3n) is 3.97. The molecule has 0 spiro atoms. The normalized spacial score (nSPS) is 11.0. The number of carbonyl (C=O) groups is 2. The van der Waals surface area contributed by atoms with E-state index in [-0.39, 0.29) is 11.5 Å². The maximum atomic E-state index is 12.5. The quantitative estimate of drug-likeness (QED) is 0.396. The molecule has 0 unspecified atom stereocenters. The molecule has 0 saturated carbocycles. The molecule has 2 N–H and O–H groups in total. The second-order valence-corrected chi connectivity index (χ2v) is 7.31. The molecule has 3 aromatic rings. The Morgan fingerprint density at radius 1 is 1.38 bits per heavy atom. The number of methoxy groups -OCH3 is 1. The number of unbranched alkanes of at least 4 members (excludes halogenated alkanes) is 1. The number of fused-ring (bicyclic) bond motifs is 3. The molecule has 0 aliphatic carbocycles. The van der Waals surface area contributed by atoms with Gasteiger partial charge in [0.05, 0.1) is 23.6 Å². The summed E-state index contributed by atoms with van der Waals surface area (Å²) in [6, 6.07) is 4.61. The van der Waals surface area contributed by atoms with Gasteiger partial charge in [0.25, 0.3) is 11.5 Å². The number of hydrogen-bond donors (Lipinski definition) is 2. The smallest absolute Gasteiger partial charge is 0.337 e. The van der Waals surface area contributed by atoms with Crippen LogP contribution in [0, 0.1) is 3.95 Å². The average molecular weight is 391 g/mol. The summed E-state index contributed by atoms with van der Waals surface area (Å²) in [7, 11) is 1.29. The lowest BCUT2D eigenvalue weighted by Gasteiger charge is -2.06. The van der Waals surface area contributed by atoms with Crippen LogP contribution in [0.1, 0.15) is 39.8 Å². The molecule has 9 heteroatoms. The molecule has 2 heterocycles. The summed E-state index contributed by atoms with van der Waals surface area (Å²) in [4.78, 5) is 39.8. The number of ether oxygens (including phenoxy) is 1. The molecule has 1 amide bonds. The van der Waals surface area contributed by atoms with Gasteiger partial charge in [0.1, 0.15) is 10.5 Å². The second kappa shape index (κ2) is 7.38. The van der Waals surface area contributed by atoms with Crippen LogP contribution in [-0.2, 0) is 4.74 Å². The van der Waals surface area contributed by atoms with E-state index in [1.54, 1.807) is 16.5 Å². The maximum Gasteiger partial charge on any atom is 0.337 e. The van der Waals surface area contributed by atoms with Crippen molar-refractivity contribution in [3.8, 4) is 0 Å². The van der Waals surface area contributed by atoms with Crippen molar-refractivity contribution in [3.05, 3.63) is 42.9 Å². The third kappa shape index (κ3) is 3.15. The topological polar surface area (TPSA) is 92.7 Å². The highest BCUT2D eigenvalue weighted by atomic mass is 32.1. The van der Waals surface area contributed by atoms with Crippen LogP contribution >= 0.6 is 23.6 Å². The van der Waals surface area contributed by atoms with Crippen LogP contribution in [0.2, 0.25) is 0 Å². The third-order valence-corrected chi connectivity index (χ3v) is 5.34. The fourth-order valence-corrected chi connectivity index (χ4v) is 3.95. The molecule has 136 valence electrons. The van der Waals surface area contributed by atoms with E-state index in [1.807, 2.05) is 6.92 Å². The lowest BCUT2D eigenvalue weighted by molar-refractivity contribution is 0.0600. The first kappa shape index (κ1) is 18.3. The van der Waals surface area contributed by atoms with Crippen molar-refractivity contribution in [1.82, 2.24) is 14.7 Å². The van der Waals surface area contributed by atoms with E-state index >= 15 is 0 Å². The van der Waals surface area contributed by atoms with Gasteiger partial charge in [0.15, 0.2) is 3.95 Å². The predicted molar refractivity (Wildman–Crippen MR) is 103 cm³/mol. The highest BCUT2D eigenvalue weighted by Crippen LogP contribution is 2.23. The SMILES string of the molecule is CCCCNC(=O)c1sc(=S)n2c1[nH]c(=O)c1ccc(C(=O)OC)cc12. The Bertz CT molecular complexity index is 1130. The van der Waals surface area contributed by atoms with E-state index in [9.17, 15) is 14.4 Å². The number of rotatable bonds is 5. The summed E-state index contributed by atoms with van der Waals surface area (Å²) in [6.45, 7) is 2.59. The molecule has 0 radical (unpaired) electrons. The Labute approximate surface area is 157 Å². The van der Waals surface area contributed by atoms with Gasteiger partial charge >= 0.3 is 5.97 Å². The van der Waals surface area contributed by atoms with Crippen LogP contribution in [0.5, 0.6) is 0 Å². The van der Waals surface area contributed by atoms with E-state index in [4.69, 9.17) is 17.0 Å². The van der Waals surface area contributed by atoms with Crippen molar-refractivity contribution in [2.45, 2.75) is 19.8 Å². The van der Waals surface area contributed by atoms with Gasteiger partial charge in [0, 0.05) is 6.54 Å². The van der Waals surface area contributed by atoms with Crippen LogP contribution in [0.15, 0.2) is 23.0 Å². The van der Waals surface area contributed by atoms with Crippen molar-refractivity contribution in [2.24, 2.45) is 0 Å². The summed E-state index contributed by atoms with van der Waals surface area (Å²) in [5.74, 6) is -0.796. The molecule has 0 fully saturated rings. The Morgan fingerprint density at radius 3 is 2.85 bits per heavy atom. The number of amides is 1. The predicted octanol–water partition coefficient (Wildman–Crippen LogP) is 2.89. The van der Waals surface area contributed by atoms with Gasteiger partial charge in [-0.1, -0.05) is 24.7 Å². The Kier molecular flexibility index (Phi) is 5.19. The van der Waals surface area contributed by atoms with Crippen LogP contribution in [-0.4, -0.2) is 34.9 Å². The number of aromatic amines is 1. The number of nitrogens with zero attached hydrogens (tertiary/aromatic N) is 1. The molecule has 2 aromatic heterocycles. The van der Waals surface area contributed by atoms with Crippen molar-refractivity contribution < 1.29 is 14.3 Å². The molecule has 26 heavy (non-hydrogen) atoms. The zero-order valence-electron chi connectivity index (χ0n) is 14.3. The first-order chi connectivity index (χ1) is 12.5. The molecule has 0 aliphatic rings. The molecule has 7 nitrogen and oxygen atoms in total. The van der Waals surface area contributed by atoms with Crippen molar-refractivity contribution in [2.75, 3.05) is 13.7 Å². The van der Waals surface area contributed by atoms with Gasteiger partial charge in [-0.05, 0) is 36.8 Å². The molecule has 0 atom stereocenters. The van der Waals surface area contributed by atoms with Crippen LogP contribution in [0.4, 0.5) is 0 Å². The number of benzene rings is 1. The standard InChI is InChI=1S/C17H17N3O4S2/c1-3-4-7-18-15(22)12-13-19-14(21)10-6-5-9(16(23)24-2)8-11(10)20(13)17(25)26-12/h5-6,8H,3-4,7H2,1-2H3,(H,18,22)(H,19,21). The first-order valence-corrected chi connectivity index (χ1v) is 9.28. The summed E-state index contributed by atoms with van der Waals surface area (Å²) < 4.78 is 6.75. The number of nitrogens with one attached hydrogen (secondary N) is 2. The Balaban J connectivity index is 2.23. The second-order valence-electron chi connectivity index (χ2n) is 5.67. The van der Waals surface area contributed by atoms with E-state index < -0.39 is 5.97 Å². The van der Waals surface area contributed by atoms with E-state index in [0.717, 1.165) is 24.2 Å².